The van der Waals surface area contributed by atoms with Crippen LogP contribution in [0.5, 0.6) is 11.5 Å². The van der Waals surface area contributed by atoms with E-state index in [2.05, 4.69) is 31.3 Å². The fourth-order valence-electron chi connectivity index (χ4n) is 3.56. The van der Waals surface area contributed by atoms with Crippen LogP contribution in [0.1, 0.15) is 68.1 Å². The second kappa shape index (κ2) is 11.9. The molecule has 2 rings (SSSR count). The average molecular weight is 443 g/mol. The molecule has 2 aromatic carbocycles. The Morgan fingerprint density at radius 1 is 1.16 bits per heavy atom. The van der Waals surface area contributed by atoms with E-state index < -0.39 is 6.10 Å². The molecule has 3 N–H and O–H groups in total. The van der Waals surface area contributed by atoms with Gasteiger partial charge in [-0.2, -0.15) is 0 Å². The fourth-order valence-corrected chi connectivity index (χ4v) is 3.56. The molecule has 32 heavy (non-hydrogen) atoms. The molecule has 0 fully saturated rings. The molecule has 1 amide bonds. The van der Waals surface area contributed by atoms with Crippen LogP contribution in [-0.4, -0.2) is 53.3 Å². The predicted octanol–water partition coefficient (Wildman–Crippen LogP) is 4.31. The number of benzene rings is 2. The molecule has 176 valence electrons. The number of aryl methyl sites for hydroxylation is 1. The highest BCUT2D eigenvalue weighted by atomic mass is 16.5. The maximum atomic E-state index is 12.6. The van der Waals surface area contributed by atoms with Crippen LogP contribution in [0, 0.1) is 0 Å². The highest BCUT2D eigenvalue weighted by Gasteiger charge is 2.22. The van der Waals surface area contributed by atoms with Crippen molar-refractivity contribution >= 4 is 5.91 Å². The number of aliphatic hydroxyl groups is 1. The van der Waals surface area contributed by atoms with E-state index >= 15 is 0 Å². The number of nitrogens with zero attached hydrogens (tertiary/aromatic N) is 1. The van der Waals surface area contributed by atoms with Gasteiger partial charge in [0.1, 0.15) is 11.5 Å². The lowest BCUT2D eigenvalue weighted by molar-refractivity contribution is 0.0794. The lowest BCUT2D eigenvalue weighted by Gasteiger charge is -2.28. The molecule has 0 heterocycles. The molecule has 0 aliphatic carbocycles. The van der Waals surface area contributed by atoms with Crippen molar-refractivity contribution in [3.8, 4) is 11.5 Å². The Balaban J connectivity index is 1.95. The van der Waals surface area contributed by atoms with Gasteiger partial charge in [-0.1, -0.05) is 19.1 Å². The van der Waals surface area contributed by atoms with Crippen molar-refractivity contribution in [2.24, 2.45) is 0 Å². The number of carbonyl (C=O) groups is 1. The van der Waals surface area contributed by atoms with Gasteiger partial charge in [0.25, 0.3) is 5.91 Å². The van der Waals surface area contributed by atoms with Crippen LogP contribution in [0.2, 0.25) is 0 Å². The molecule has 0 saturated heterocycles. The van der Waals surface area contributed by atoms with Gasteiger partial charge < -0.3 is 25.2 Å². The van der Waals surface area contributed by atoms with E-state index in [4.69, 9.17) is 4.74 Å². The third-order valence-electron chi connectivity index (χ3n) is 5.59. The second-order valence-corrected chi connectivity index (χ2v) is 8.86. The number of β-amino-alcohol motifs (C(OH)–C–C–N with tert-alkyl or cyclic N) is 1. The molecule has 1 unspecified atom stereocenters. The summed E-state index contributed by atoms with van der Waals surface area (Å²) in [6, 6.07) is 12.8. The van der Waals surface area contributed by atoms with Gasteiger partial charge in [0, 0.05) is 36.8 Å². The average Bonchev–Trinajstić information content (AvgIpc) is 2.77. The number of amides is 1. The number of hydrogen-bond acceptors (Lipinski definition) is 5. The third-order valence-corrected chi connectivity index (χ3v) is 5.59. The summed E-state index contributed by atoms with van der Waals surface area (Å²) in [6.07, 6.45) is 1.71. The van der Waals surface area contributed by atoms with E-state index in [0.29, 0.717) is 24.3 Å². The zero-order valence-electron chi connectivity index (χ0n) is 20.0. The highest BCUT2D eigenvalue weighted by Crippen LogP contribution is 2.26. The van der Waals surface area contributed by atoms with E-state index in [0.717, 1.165) is 25.0 Å². The van der Waals surface area contributed by atoms with E-state index in [9.17, 15) is 15.0 Å². The number of nitrogens with one attached hydrogen (secondary N) is 1. The Kier molecular flexibility index (Phi) is 9.54. The Hall–Kier alpha value is -2.57. The predicted molar refractivity (Wildman–Crippen MR) is 128 cm³/mol. The summed E-state index contributed by atoms with van der Waals surface area (Å²) < 4.78 is 5.49. The summed E-state index contributed by atoms with van der Waals surface area (Å²) in [4.78, 5) is 14.2. The molecule has 0 bridgehead atoms. The molecule has 0 aliphatic rings. The minimum Gasteiger partial charge on any atom is -0.508 e. The summed E-state index contributed by atoms with van der Waals surface area (Å²) in [5.41, 5.74) is 1.83. The van der Waals surface area contributed by atoms with Crippen LogP contribution >= 0.6 is 0 Å². The first-order valence-electron chi connectivity index (χ1n) is 11.4. The zero-order chi connectivity index (χ0) is 23.7. The molecule has 0 aliphatic heterocycles. The van der Waals surface area contributed by atoms with Gasteiger partial charge in [-0.25, -0.2) is 0 Å². The first-order chi connectivity index (χ1) is 15.2. The molecular weight excluding hydrogens is 404 g/mol. The van der Waals surface area contributed by atoms with Crippen LogP contribution in [0.3, 0.4) is 0 Å². The van der Waals surface area contributed by atoms with Crippen LogP contribution < -0.4 is 10.1 Å². The number of carbonyl (C=O) groups excluding carboxylic acids is 1. The van der Waals surface area contributed by atoms with Gasteiger partial charge in [-0.3, -0.25) is 4.79 Å². The van der Waals surface area contributed by atoms with Crippen molar-refractivity contribution in [3.05, 3.63) is 59.2 Å². The van der Waals surface area contributed by atoms with Crippen LogP contribution in [0.15, 0.2) is 42.5 Å². The summed E-state index contributed by atoms with van der Waals surface area (Å²) in [5.74, 6) is 0.739. The molecule has 6 heteroatoms. The van der Waals surface area contributed by atoms with Crippen molar-refractivity contribution in [2.45, 2.75) is 58.6 Å². The monoisotopic (exact) mass is 442 g/mol. The van der Waals surface area contributed by atoms with Gasteiger partial charge in [-0.05, 0) is 75.9 Å². The number of rotatable bonds is 12. The minimum absolute atomic E-state index is 0.0128. The first kappa shape index (κ1) is 25.7. The van der Waals surface area contributed by atoms with Gasteiger partial charge in [0.05, 0.1) is 12.7 Å². The van der Waals surface area contributed by atoms with Crippen molar-refractivity contribution in [1.29, 1.82) is 0 Å². The van der Waals surface area contributed by atoms with Gasteiger partial charge >= 0.3 is 0 Å². The smallest absolute Gasteiger partial charge is 0.253 e. The van der Waals surface area contributed by atoms with E-state index in [1.807, 2.05) is 26.0 Å². The van der Waals surface area contributed by atoms with Gasteiger partial charge in [0.15, 0.2) is 0 Å². The Labute approximate surface area is 192 Å². The van der Waals surface area contributed by atoms with Gasteiger partial charge in [0.2, 0.25) is 0 Å². The second-order valence-electron chi connectivity index (χ2n) is 8.86. The SMILES string of the molecule is CCCN(C)C(=O)c1ccc(O)c(C(O)CNC(C)(C)CCc2ccc(OCC)cc2)c1. The summed E-state index contributed by atoms with van der Waals surface area (Å²) in [6.45, 7) is 9.74. The molecule has 2 aromatic rings. The normalized spacial score (nSPS) is 12.4. The Morgan fingerprint density at radius 2 is 1.84 bits per heavy atom. The number of phenolic OH excluding ortho intramolecular Hbond substituents is 1. The molecule has 0 aromatic heterocycles. The summed E-state index contributed by atoms with van der Waals surface area (Å²) in [5, 5.41) is 24.4. The van der Waals surface area contributed by atoms with E-state index in [1.165, 1.54) is 11.6 Å². The summed E-state index contributed by atoms with van der Waals surface area (Å²) >= 11 is 0. The van der Waals surface area contributed by atoms with Gasteiger partial charge in [-0.15, -0.1) is 0 Å². The maximum Gasteiger partial charge on any atom is 0.253 e. The lowest BCUT2D eigenvalue weighted by Crippen LogP contribution is -2.42. The largest absolute Gasteiger partial charge is 0.508 e. The number of ether oxygens (including phenoxy) is 1. The standard InChI is InChI=1S/C26H38N2O4/c1-6-16-28(5)25(31)20-10-13-23(29)22(17-20)24(30)18-27-26(3,4)15-14-19-8-11-21(12-9-19)32-7-2/h8-13,17,24,27,29-30H,6-7,14-16,18H2,1-5H3. The Morgan fingerprint density at radius 3 is 2.47 bits per heavy atom. The van der Waals surface area contributed by atoms with Crippen molar-refractivity contribution in [1.82, 2.24) is 10.2 Å². The van der Waals surface area contributed by atoms with Crippen LogP contribution in [0.4, 0.5) is 0 Å². The maximum absolute atomic E-state index is 12.6. The number of phenols is 1. The van der Waals surface area contributed by atoms with E-state index in [1.54, 1.807) is 24.1 Å². The fraction of sp³-hybridized carbons (Fsp3) is 0.500. The molecule has 0 spiro atoms. The molecule has 0 saturated carbocycles. The Bertz CT molecular complexity index is 865. The first-order valence-corrected chi connectivity index (χ1v) is 11.4. The zero-order valence-corrected chi connectivity index (χ0v) is 20.0. The van der Waals surface area contributed by atoms with Crippen molar-refractivity contribution in [3.63, 3.8) is 0 Å². The topological polar surface area (TPSA) is 82.0 Å². The lowest BCUT2D eigenvalue weighted by atomic mass is 9.94. The van der Waals surface area contributed by atoms with Crippen molar-refractivity contribution < 1.29 is 19.7 Å². The third kappa shape index (κ3) is 7.53. The molecule has 0 radical (unpaired) electrons. The minimum atomic E-state index is -0.927. The number of aliphatic hydroxyl groups excluding tert-OH is 1. The highest BCUT2D eigenvalue weighted by molar-refractivity contribution is 5.94. The van der Waals surface area contributed by atoms with Crippen LogP contribution in [0.25, 0.3) is 0 Å². The molecular formula is C26H38N2O4. The van der Waals surface area contributed by atoms with E-state index in [-0.39, 0.29) is 23.7 Å². The van der Waals surface area contributed by atoms with Crippen LogP contribution in [-0.2, 0) is 6.42 Å². The molecule has 6 nitrogen and oxygen atoms in total. The number of aromatic hydroxyl groups is 1. The molecule has 1 atom stereocenters. The quantitative estimate of drug-likeness (QED) is 0.456. The summed E-state index contributed by atoms with van der Waals surface area (Å²) in [7, 11) is 1.75. The number of hydrogen-bond donors (Lipinski definition) is 3. The van der Waals surface area contributed by atoms with Crippen molar-refractivity contribution in [2.75, 3.05) is 26.7 Å².